The summed E-state index contributed by atoms with van der Waals surface area (Å²) < 4.78 is 1.09. The number of aromatic nitrogens is 2. The summed E-state index contributed by atoms with van der Waals surface area (Å²) in [5, 5.41) is 6.72. The van der Waals surface area contributed by atoms with Gasteiger partial charge in [-0.05, 0) is 51.8 Å². The average molecular weight is 403 g/mol. The first-order valence-electron chi connectivity index (χ1n) is 7.78. The maximum absolute atomic E-state index is 4.61. The minimum Gasteiger partial charge on any atom is -0.324 e. The van der Waals surface area contributed by atoms with Crippen LogP contribution in [0.25, 0.3) is 10.6 Å². The summed E-state index contributed by atoms with van der Waals surface area (Å²) in [5.41, 5.74) is 3.13. The van der Waals surface area contributed by atoms with Gasteiger partial charge in [-0.3, -0.25) is 0 Å². The Bertz CT molecular complexity index is 816. The molecule has 0 atom stereocenters. The van der Waals surface area contributed by atoms with E-state index >= 15 is 0 Å². The molecule has 2 aromatic heterocycles. The fraction of sp³-hybridized carbons (Fsp3) is 0.222. The molecule has 3 rings (SSSR count). The average Bonchev–Trinajstić information content (AvgIpc) is 3.00. The second kappa shape index (κ2) is 7.88. The van der Waals surface area contributed by atoms with Gasteiger partial charge < -0.3 is 10.6 Å². The van der Waals surface area contributed by atoms with Gasteiger partial charge in [-0.2, -0.15) is 0 Å². The zero-order valence-corrected chi connectivity index (χ0v) is 16.0. The number of anilines is 2. The molecule has 0 saturated heterocycles. The molecule has 4 nitrogen and oxygen atoms in total. The van der Waals surface area contributed by atoms with Gasteiger partial charge in [-0.25, -0.2) is 9.97 Å². The van der Waals surface area contributed by atoms with E-state index in [0.29, 0.717) is 12.0 Å². The number of hydrogen-bond donors (Lipinski definition) is 2. The van der Waals surface area contributed by atoms with Crippen LogP contribution >= 0.6 is 27.3 Å². The van der Waals surface area contributed by atoms with E-state index in [1.54, 1.807) is 17.5 Å². The molecular formula is C18H19BrN4S. The minimum atomic E-state index is 0.465. The lowest BCUT2D eigenvalue weighted by Crippen LogP contribution is -2.21. The van der Waals surface area contributed by atoms with Crippen molar-refractivity contribution in [2.45, 2.75) is 26.4 Å². The number of hydrogen-bond acceptors (Lipinski definition) is 5. The Morgan fingerprint density at radius 1 is 1.17 bits per heavy atom. The first kappa shape index (κ1) is 17.1. The Balaban J connectivity index is 1.75. The largest absolute Gasteiger partial charge is 0.324 e. The van der Waals surface area contributed by atoms with Crippen molar-refractivity contribution in [3.63, 3.8) is 0 Å². The summed E-state index contributed by atoms with van der Waals surface area (Å²) in [4.78, 5) is 10.0. The van der Waals surface area contributed by atoms with Gasteiger partial charge in [0.2, 0.25) is 5.95 Å². The molecule has 6 heteroatoms. The monoisotopic (exact) mass is 402 g/mol. The molecular weight excluding hydrogens is 384 g/mol. The number of halogens is 1. The number of benzene rings is 1. The van der Waals surface area contributed by atoms with E-state index in [1.807, 2.05) is 24.3 Å². The van der Waals surface area contributed by atoms with E-state index in [0.717, 1.165) is 26.6 Å². The number of rotatable bonds is 6. The summed E-state index contributed by atoms with van der Waals surface area (Å²) in [6, 6.07) is 14.8. The summed E-state index contributed by atoms with van der Waals surface area (Å²) >= 11 is 5.15. The molecule has 2 heterocycles. The topological polar surface area (TPSA) is 49.8 Å². The summed E-state index contributed by atoms with van der Waals surface area (Å²) in [7, 11) is 0. The quantitative estimate of drug-likeness (QED) is 0.593. The molecule has 0 aliphatic rings. The predicted molar refractivity (Wildman–Crippen MR) is 105 cm³/mol. The first-order chi connectivity index (χ1) is 11.6. The Hall–Kier alpha value is -1.76. The van der Waals surface area contributed by atoms with Crippen LogP contribution < -0.4 is 10.6 Å². The van der Waals surface area contributed by atoms with Crippen molar-refractivity contribution in [3.05, 3.63) is 58.0 Å². The molecule has 2 N–H and O–H groups in total. The van der Waals surface area contributed by atoms with Crippen LogP contribution in [-0.2, 0) is 6.54 Å². The van der Waals surface area contributed by atoms with E-state index < -0.39 is 0 Å². The molecule has 0 fully saturated rings. The van der Waals surface area contributed by atoms with E-state index in [9.17, 15) is 0 Å². The third kappa shape index (κ3) is 4.63. The lowest BCUT2D eigenvalue weighted by molar-refractivity contribution is 0.589. The highest BCUT2D eigenvalue weighted by Gasteiger charge is 2.06. The second-order valence-corrected chi connectivity index (χ2v) is 8.19. The molecule has 0 unspecified atom stereocenters. The van der Waals surface area contributed by atoms with Crippen LogP contribution in [0.4, 0.5) is 11.6 Å². The molecule has 0 bridgehead atoms. The zero-order chi connectivity index (χ0) is 16.9. The highest BCUT2D eigenvalue weighted by atomic mass is 79.9. The van der Waals surface area contributed by atoms with Crippen molar-refractivity contribution in [3.8, 4) is 10.6 Å². The van der Waals surface area contributed by atoms with Gasteiger partial charge in [0, 0.05) is 24.5 Å². The summed E-state index contributed by atoms with van der Waals surface area (Å²) in [6.45, 7) is 5.13. The van der Waals surface area contributed by atoms with Gasteiger partial charge in [-0.1, -0.05) is 26.0 Å². The SMILES string of the molecule is CC(C)NCc1cccc(Nc2nccc(-c3ccc(Br)s3)n2)c1. The van der Waals surface area contributed by atoms with Crippen LogP contribution in [0.2, 0.25) is 0 Å². The number of nitrogens with one attached hydrogen (secondary N) is 2. The van der Waals surface area contributed by atoms with Gasteiger partial charge in [0.05, 0.1) is 14.4 Å². The highest BCUT2D eigenvalue weighted by molar-refractivity contribution is 9.11. The third-order valence-electron chi connectivity index (χ3n) is 3.38. The molecule has 0 saturated carbocycles. The lowest BCUT2D eigenvalue weighted by atomic mass is 10.2. The number of thiophene rings is 1. The van der Waals surface area contributed by atoms with Crippen molar-refractivity contribution in [1.82, 2.24) is 15.3 Å². The molecule has 124 valence electrons. The smallest absolute Gasteiger partial charge is 0.227 e. The van der Waals surface area contributed by atoms with Crippen LogP contribution in [-0.4, -0.2) is 16.0 Å². The Morgan fingerprint density at radius 2 is 2.04 bits per heavy atom. The van der Waals surface area contributed by atoms with Crippen LogP contribution in [0, 0.1) is 0 Å². The van der Waals surface area contributed by atoms with Crippen molar-refractivity contribution in [2.24, 2.45) is 0 Å². The second-order valence-electron chi connectivity index (χ2n) is 5.73. The van der Waals surface area contributed by atoms with Crippen LogP contribution in [0.15, 0.2) is 52.4 Å². The molecule has 1 aromatic carbocycles. The van der Waals surface area contributed by atoms with Gasteiger partial charge in [-0.15, -0.1) is 11.3 Å². The normalized spacial score (nSPS) is 11.0. The number of nitrogens with zero attached hydrogens (tertiary/aromatic N) is 2. The third-order valence-corrected chi connectivity index (χ3v) is 5.02. The minimum absolute atomic E-state index is 0.465. The first-order valence-corrected chi connectivity index (χ1v) is 9.39. The van der Waals surface area contributed by atoms with Gasteiger partial charge >= 0.3 is 0 Å². The Kier molecular flexibility index (Phi) is 5.60. The van der Waals surface area contributed by atoms with E-state index in [4.69, 9.17) is 0 Å². The molecule has 0 radical (unpaired) electrons. The van der Waals surface area contributed by atoms with Gasteiger partial charge in [0.1, 0.15) is 0 Å². The highest BCUT2D eigenvalue weighted by Crippen LogP contribution is 2.30. The van der Waals surface area contributed by atoms with E-state index in [-0.39, 0.29) is 0 Å². The standard InChI is InChI=1S/C18H19BrN4S/c1-12(2)21-11-13-4-3-5-14(10-13)22-18-20-9-8-15(23-18)16-6-7-17(19)24-16/h3-10,12,21H,11H2,1-2H3,(H,20,22,23). The fourth-order valence-electron chi connectivity index (χ4n) is 2.22. The molecule has 0 aliphatic heterocycles. The van der Waals surface area contributed by atoms with E-state index in [2.05, 4.69) is 68.6 Å². The Morgan fingerprint density at radius 3 is 2.79 bits per heavy atom. The van der Waals surface area contributed by atoms with Crippen LogP contribution in [0.1, 0.15) is 19.4 Å². The molecule has 24 heavy (non-hydrogen) atoms. The molecule has 3 aromatic rings. The van der Waals surface area contributed by atoms with Crippen molar-refractivity contribution in [2.75, 3.05) is 5.32 Å². The van der Waals surface area contributed by atoms with Crippen molar-refractivity contribution < 1.29 is 0 Å². The van der Waals surface area contributed by atoms with Gasteiger partial charge in [0.15, 0.2) is 0 Å². The summed E-state index contributed by atoms with van der Waals surface area (Å²) in [6.07, 6.45) is 1.78. The summed E-state index contributed by atoms with van der Waals surface area (Å²) in [5.74, 6) is 0.603. The van der Waals surface area contributed by atoms with E-state index in [1.165, 1.54) is 5.56 Å². The van der Waals surface area contributed by atoms with Crippen molar-refractivity contribution >= 4 is 38.9 Å². The zero-order valence-electron chi connectivity index (χ0n) is 13.6. The maximum Gasteiger partial charge on any atom is 0.227 e. The molecule has 0 aliphatic carbocycles. The molecule has 0 amide bonds. The van der Waals surface area contributed by atoms with Crippen LogP contribution in [0.5, 0.6) is 0 Å². The van der Waals surface area contributed by atoms with Crippen molar-refractivity contribution in [1.29, 1.82) is 0 Å². The van der Waals surface area contributed by atoms with Crippen LogP contribution in [0.3, 0.4) is 0 Å². The Labute approximate surface area is 154 Å². The maximum atomic E-state index is 4.61. The fourth-order valence-corrected chi connectivity index (χ4v) is 3.57. The molecule has 0 spiro atoms. The predicted octanol–water partition coefficient (Wildman–Crippen LogP) is 5.21. The lowest BCUT2D eigenvalue weighted by Gasteiger charge is -2.10. The van der Waals surface area contributed by atoms with Gasteiger partial charge in [0.25, 0.3) is 0 Å².